The topological polar surface area (TPSA) is 113 Å². The maximum atomic E-state index is 11.9. The van der Waals surface area contributed by atoms with Crippen molar-refractivity contribution in [2.24, 2.45) is 5.92 Å². The Morgan fingerprint density at radius 3 is 2.27 bits per heavy atom. The van der Waals surface area contributed by atoms with E-state index in [9.17, 15) is 22.8 Å². The third kappa shape index (κ3) is 12.3. The van der Waals surface area contributed by atoms with Crippen molar-refractivity contribution in [3.05, 3.63) is 0 Å². The molecule has 7 nitrogen and oxygen atoms in total. The molecule has 1 aliphatic rings. The molecule has 1 saturated heterocycles. The van der Waals surface area contributed by atoms with E-state index in [1.54, 1.807) is 10.8 Å². The van der Waals surface area contributed by atoms with Crippen LogP contribution in [0.3, 0.4) is 0 Å². The van der Waals surface area contributed by atoms with Gasteiger partial charge in [0.05, 0.1) is 18.4 Å². The molecule has 12 heteroatoms. The van der Waals surface area contributed by atoms with Gasteiger partial charge in [-0.2, -0.15) is 13.2 Å². The summed E-state index contributed by atoms with van der Waals surface area (Å²) in [5.74, 6) is -2.10. The van der Waals surface area contributed by atoms with Gasteiger partial charge < -0.3 is 20.3 Å². The SMILES string of the molecule is CC1OCCCC1C(=O)NCCSSCCC(=O)O.O=C(O)C(F)(F)F. The fourth-order valence-corrected chi connectivity index (χ4v) is 3.75. The van der Waals surface area contributed by atoms with Crippen LogP contribution in [0, 0.1) is 5.92 Å². The van der Waals surface area contributed by atoms with Gasteiger partial charge >= 0.3 is 18.1 Å². The molecular weight excluding hydrogens is 399 g/mol. The number of hydrogen-bond donors (Lipinski definition) is 3. The van der Waals surface area contributed by atoms with Crippen LogP contribution in [0.1, 0.15) is 26.2 Å². The standard InChI is InChI=1S/C12H21NO4S2.C2HF3O2/c1-9-10(3-2-6-17-9)12(16)13-5-8-19-18-7-4-11(14)15;3-2(4,5)1(6)7/h9-10H,2-8H2,1H3,(H,13,16)(H,14,15);(H,6,7). The predicted molar refractivity (Wildman–Crippen MR) is 92.0 cm³/mol. The van der Waals surface area contributed by atoms with Gasteiger partial charge in [-0.05, 0) is 19.8 Å². The summed E-state index contributed by atoms with van der Waals surface area (Å²) in [6.07, 6.45) is -3.05. The molecule has 0 spiro atoms. The average molecular weight is 421 g/mol. The van der Waals surface area contributed by atoms with Crippen molar-refractivity contribution in [3.8, 4) is 0 Å². The van der Waals surface area contributed by atoms with Crippen molar-refractivity contribution in [1.82, 2.24) is 5.32 Å². The van der Waals surface area contributed by atoms with Gasteiger partial charge in [0.15, 0.2) is 0 Å². The number of nitrogens with one attached hydrogen (secondary N) is 1. The lowest BCUT2D eigenvalue weighted by molar-refractivity contribution is -0.192. The molecule has 0 aliphatic carbocycles. The number of rotatable bonds is 8. The fourth-order valence-electron chi connectivity index (χ4n) is 1.86. The maximum Gasteiger partial charge on any atom is 0.490 e. The van der Waals surface area contributed by atoms with Crippen molar-refractivity contribution < 1.29 is 42.5 Å². The van der Waals surface area contributed by atoms with Crippen LogP contribution >= 0.6 is 21.6 Å². The van der Waals surface area contributed by atoms with E-state index in [4.69, 9.17) is 19.7 Å². The van der Waals surface area contributed by atoms with E-state index in [0.29, 0.717) is 12.3 Å². The second-order valence-electron chi connectivity index (χ2n) is 5.21. The molecule has 2 atom stereocenters. The Hall–Kier alpha value is -1.14. The van der Waals surface area contributed by atoms with Crippen molar-refractivity contribution in [2.75, 3.05) is 24.7 Å². The summed E-state index contributed by atoms with van der Waals surface area (Å²) in [6.45, 7) is 3.31. The maximum absolute atomic E-state index is 11.9. The highest BCUT2D eigenvalue weighted by atomic mass is 33.1. The molecule has 1 heterocycles. The highest BCUT2D eigenvalue weighted by molar-refractivity contribution is 8.76. The van der Waals surface area contributed by atoms with Crippen molar-refractivity contribution in [3.63, 3.8) is 0 Å². The summed E-state index contributed by atoms with van der Waals surface area (Å²) in [5.41, 5.74) is 0. The van der Waals surface area contributed by atoms with Gasteiger partial charge in [0.25, 0.3) is 0 Å². The Morgan fingerprint density at radius 2 is 1.77 bits per heavy atom. The minimum absolute atomic E-state index is 0.00587. The monoisotopic (exact) mass is 421 g/mol. The van der Waals surface area contributed by atoms with Gasteiger partial charge in [-0.15, -0.1) is 0 Å². The first-order valence-electron chi connectivity index (χ1n) is 7.71. The minimum atomic E-state index is -5.08. The second kappa shape index (κ2) is 13.1. The first-order chi connectivity index (χ1) is 12.1. The Kier molecular flexibility index (Phi) is 12.5. The highest BCUT2D eigenvalue weighted by Crippen LogP contribution is 2.22. The van der Waals surface area contributed by atoms with E-state index in [1.165, 1.54) is 10.8 Å². The number of aliphatic carboxylic acids is 2. The average Bonchev–Trinajstić information content (AvgIpc) is 2.53. The number of carboxylic acid groups (broad SMARTS) is 2. The van der Waals surface area contributed by atoms with E-state index in [2.05, 4.69) is 5.32 Å². The summed E-state index contributed by atoms with van der Waals surface area (Å²) >= 11 is 0. The zero-order chi connectivity index (χ0) is 20.2. The van der Waals surface area contributed by atoms with Crippen LogP contribution in [-0.2, 0) is 19.1 Å². The predicted octanol–water partition coefficient (Wildman–Crippen LogP) is 2.41. The number of amides is 1. The summed E-state index contributed by atoms with van der Waals surface area (Å²) in [6, 6.07) is 0. The molecule has 0 aromatic heterocycles. The Morgan fingerprint density at radius 1 is 1.19 bits per heavy atom. The summed E-state index contributed by atoms with van der Waals surface area (Å²) in [5, 5.41) is 18.5. The lowest BCUT2D eigenvalue weighted by Crippen LogP contribution is -2.40. The Labute approximate surface area is 156 Å². The number of hydrogen-bond acceptors (Lipinski definition) is 6. The van der Waals surface area contributed by atoms with Crippen LogP contribution in [0.25, 0.3) is 0 Å². The van der Waals surface area contributed by atoms with Crippen molar-refractivity contribution in [2.45, 2.75) is 38.5 Å². The van der Waals surface area contributed by atoms with Crippen LogP contribution < -0.4 is 5.32 Å². The molecule has 1 aliphatic heterocycles. The van der Waals surface area contributed by atoms with Gasteiger partial charge in [0, 0.05) is 24.7 Å². The van der Waals surface area contributed by atoms with Crippen LogP contribution in [0.4, 0.5) is 13.2 Å². The van der Waals surface area contributed by atoms with Crippen LogP contribution in [0.15, 0.2) is 0 Å². The van der Waals surface area contributed by atoms with E-state index in [1.807, 2.05) is 6.92 Å². The smallest absolute Gasteiger partial charge is 0.481 e. The van der Waals surface area contributed by atoms with E-state index in [0.717, 1.165) is 25.2 Å². The third-order valence-corrected chi connectivity index (χ3v) is 5.56. The van der Waals surface area contributed by atoms with Gasteiger partial charge in [-0.25, -0.2) is 4.79 Å². The van der Waals surface area contributed by atoms with Crippen molar-refractivity contribution in [1.29, 1.82) is 0 Å². The molecule has 152 valence electrons. The molecule has 0 radical (unpaired) electrons. The summed E-state index contributed by atoms with van der Waals surface area (Å²) < 4.78 is 37.2. The van der Waals surface area contributed by atoms with Gasteiger partial charge in [-0.1, -0.05) is 21.6 Å². The van der Waals surface area contributed by atoms with Crippen LogP contribution in [0.2, 0.25) is 0 Å². The summed E-state index contributed by atoms with van der Waals surface area (Å²) in [7, 11) is 3.12. The van der Waals surface area contributed by atoms with Crippen LogP contribution in [-0.4, -0.2) is 65.0 Å². The van der Waals surface area contributed by atoms with Crippen molar-refractivity contribution >= 4 is 39.4 Å². The lowest BCUT2D eigenvalue weighted by atomic mass is 9.94. The number of alkyl halides is 3. The largest absolute Gasteiger partial charge is 0.490 e. The summed E-state index contributed by atoms with van der Waals surface area (Å²) in [4.78, 5) is 31.1. The number of carbonyl (C=O) groups is 3. The normalized spacial score (nSPS) is 19.8. The third-order valence-electron chi connectivity index (χ3n) is 3.15. The molecular formula is C14H22F3NO6S2. The molecule has 26 heavy (non-hydrogen) atoms. The molecule has 1 amide bonds. The first-order valence-corrected chi connectivity index (χ1v) is 10.2. The number of carboxylic acids is 2. The van der Waals surface area contributed by atoms with Crippen LogP contribution in [0.5, 0.6) is 0 Å². The van der Waals surface area contributed by atoms with E-state index >= 15 is 0 Å². The number of halogens is 3. The molecule has 2 unspecified atom stereocenters. The van der Waals surface area contributed by atoms with Gasteiger partial charge in [-0.3, -0.25) is 9.59 Å². The molecule has 0 saturated carbocycles. The highest BCUT2D eigenvalue weighted by Gasteiger charge is 2.38. The lowest BCUT2D eigenvalue weighted by Gasteiger charge is -2.27. The van der Waals surface area contributed by atoms with Gasteiger partial charge in [0.1, 0.15) is 0 Å². The Bertz CT molecular complexity index is 464. The zero-order valence-electron chi connectivity index (χ0n) is 14.1. The minimum Gasteiger partial charge on any atom is -0.481 e. The molecule has 3 N–H and O–H groups in total. The molecule has 1 rings (SSSR count). The number of carbonyl (C=O) groups excluding carboxylic acids is 1. The number of ether oxygens (including phenoxy) is 1. The van der Waals surface area contributed by atoms with Gasteiger partial charge in [0.2, 0.25) is 5.91 Å². The molecule has 0 aromatic carbocycles. The van der Waals surface area contributed by atoms with E-state index < -0.39 is 18.1 Å². The Balaban J connectivity index is 0.000000758. The quantitative estimate of drug-likeness (QED) is 0.405. The first kappa shape index (κ1) is 24.9. The second-order valence-corrected chi connectivity index (χ2v) is 7.91. The molecule has 1 fully saturated rings. The zero-order valence-corrected chi connectivity index (χ0v) is 15.7. The fraction of sp³-hybridized carbons (Fsp3) is 0.786. The molecule has 0 aromatic rings. The van der Waals surface area contributed by atoms with E-state index in [-0.39, 0.29) is 24.3 Å². The molecule has 0 bridgehead atoms.